The molecular weight excluding hydrogens is 394 g/mol. The number of hydrogen-bond donors (Lipinski definition) is 1. The molecule has 2 aromatic rings. The monoisotopic (exact) mass is 423 g/mol. The lowest BCUT2D eigenvalue weighted by Gasteiger charge is -2.25. The Hall–Kier alpha value is -3.28. The number of carbonyl (C=O) groups excluding carboxylic acids is 2. The van der Waals surface area contributed by atoms with Crippen LogP contribution in [0, 0.1) is 0 Å². The summed E-state index contributed by atoms with van der Waals surface area (Å²) in [5.41, 5.74) is 1.27. The van der Waals surface area contributed by atoms with Crippen LogP contribution in [0.5, 0.6) is 11.5 Å². The highest BCUT2D eigenvalue weighted by molar-refractivity contribution is 6.46. The Balaban J connectivity index is 2.11. The van der Waals surface area contributed by atoms with E-state index in [2.05, 4.69) is 0 Å². The lowest BCUT2D eigenvalue weighted by Crippen LogP contribution is -2.30. The predicted molar refractivity (Wildman–Crippen MR) is 119 cm³/mol. The van der Waals surface area contributed by atoms with Crippen molar-refractivity contribution in [3.63, 3.8) is 0 Å². The molecule has 1 N–H and O–H groups in total. The Labute approximate surface area is 183 Å². The largest absolute Gasteiger partial charge is 0.507 e. The van der Waals surface area contributed by atoms with Gasteiger partial charge in [-0.15, -0.1) is 0 Å². The maximum absolute atomic E-state index is 13.0. The van der Waals surface area contributed by atoms with Gasteiger partial charge in [0.1, 0.15) is 17.3 Å². The van der Waals surface area contributed by atoms with Gasteiger partial charge in [-0.25, -0.2) is 0 Å². The minimum atomic E-state index is -0.676. The Kier molecular flexibility index (Phi) is 7.00. The second kappa shape index (κ2) is 9.69. The van der Waals surface area contributed by atoms with E-state index in [1.807, 2.05) is 32.9 Å². The van der Waals surface area contributed by atoms with Crippen molar-refractivity contribution in [3.8, 4) is 11.5 Å². The highest BCUT2D eigenvalue weighted by Gasteiger charge is 2.45. The predicted octanol–water partition coefficient (Wildman–Crippen LogP) is 4.70. The van der Waals surface area contributed by atoms with E-state index in [1.165, 1.54) is 0 Å². The highest BCUT2D eigenvalue weighted by Crippen LogP contribution is 2.40. The van der Waals surface area contributed by atoms with Gasteiger partial charge in [-0.1, -0.05) is 37.6 Å². The summed E-state index contributed by atoms with van der Waals surface area (Å²) in [6.07, 6.45) is 1.61. The molecule has 1 unspecified atom stereocenters. The number of ether oxygens (including phenoxy) is 2. The molecule has 6 nitrogen and oxygen atoms in total. The SMILES string of the molecule is CCCCN1C(=O)C(=O)/C(=C(\O)c2cccc(OC(C)C)c2)C1c1ccc(OC)cc1. The van der Waals surface area contributed by atoms with Gasteiger partial charge in [-0.3, -0.25) is 9.59 Å². The van der Waals surface area contributed by atoms with Gasteiger partial charge in [0.2, 0.25) is 0 Å². The van der Waals surface area contributed by atoms with Gasteiger partial charge in [0, 0.05) is 12.1 Å². The molecule has 1 saturated heterocycles. The number of unbranched alkanes of at least 4 members (excludes halogenated alkanes) is 1. The number of benzene rings is 2. The van der Waals surface area contributed by atoms with E-state index in [0.29, 0.717) is 23.6 Å². The van der Waals surface area contributed by atoms with Crippen LogP contribution in [-0.4, -0.2) is 41.5 Å². The Morgan fingerprint density at radius 3 is 2.42 bits per heavy atom. The summed E-state index contributed by atoms with van der Waals surface area (Å²) < 4.78 is 10.9. The molecule has 0 saturated carbocycles. The number of ketones is 1. The molecule has 1 fully saturated rings. The first-order chi connectivity index (χ1) is 14.9. The quantitative estimate of drug-likeness (QED) is 0.378. The van der Waals surface area contributed by atoms with E-state index in [-0.39, 0.29) is 17.4 Å². The lowest BCUT2D eigenvalue weighted by atomic mass is 9.95. The van der Waals surface area contributed by atoms with E-state index in [9.17, 15) is 14.7 Å². The van der Waals surface area contributed by atoms with Gasteiger partial charge in [-0.2, -0.15) is 0 Å². The summed E-state index contributed by atoms with van der Waals surface area (Å²) >= 11 is 0. The maximum atomic E-state index is 13.0. The van der Waals surface area contributed by atoms with Crippen LogP contribution in [0.15, 0.2) is 54.1 Å². The summed E-state index contributed by atoms with van der Waals surface area (Å²) in [6, 6.07) is 13.5. The summed E-state index contributed by atoms with van der Waals surface area (Å²) in [6.45, 7) is 6.29. The molecule has 0 aromatic heterocycles. The molecule has 0 spiro atoms. The lowest BCUT2D eigenvalue weighted by molar-refractivity contribution is -0.139. The number of hydrogen-bond acceptors (Lipinski definition) is 5. The Morgan fingerprint density at radius 2 is 1.81 bits per heavy atom. The van der Waals surface area contributed by atoms with Gasteiger partial charge < -0.3 is 19.5 Å². The molecule has 2 aromatic carbocycles. The van der Waals surface area contributed by atoms with E-state index in [4.69, 9.17) is 9.47 Å². The molecular formula is C25H29NO5. The van der Waals surface area contributed by atoms with E-state index < -0.39 is 17.7 Å². The molecule has 1 aliphatic rings. The molecule has 1 aliphatic heterocycles. The van der Waals surface area contributed by atoms with Crippen molar-refractivity contribution in [2.24, 2.45) is 0 Å². The summed E-state index contributed by atoms with van der Waals surface area (Å²) in [5, 5.41) is 11.1. The number of rotatable bonds is 8. The molecule has 0 aliphatic carbocycles. The molecule has 0 bridgehead atoms. The number of carbonyl (C=O) groups is 2. The van der Waals surface area contributed by atoms with Crippen LogP contribution < -0.4 is 9.47 Å². The zero-order valence-electron chi connectivity index (χ0n) is 18.4. The molecule has 164 valence electrons. The third-order valence-corrected chi connectivity index (χ3v) is 5.20. The zero-order chi connectivity index (χ0) is 22.5. The smallest absolute Gasteiger partial charge is 0.295 e. The fourth-order valence-electron chi connectivity index (χ4n) is 3.72. The van der Waals surface area contributed by atoms with Crippen LogP contribution in [0.4, 0.5) is 0 Å². The molecule has 6 heteroatoms. The summed E-state index contributed by atoms with van der Waals surface area (Å²) in [7, 11) is 1.58. The van der Waals surface area contributed by atoms with Gasteiger partial charge in [0.05, 0.1) is 24.8 Å². The van der Waals surface area contributed by atoms with Crippen LogP contribution in [0.3, 0.4) is 0 Å². The van der Waals surface area contributed by atoms with Crippen LogP contribution in [0.25, 0.3) is 5.76 Å². The summed E-state index contributed by atoms with van der Waals surface area (Å²) in [5.74, 6) is -0.213. The van der Waals surface area contributed by atoms with Crippen molar-refractivity contribution in [1.82, 2.24) is 4.90 Å². The van der Waals surface area contributed by atoms with Gasteiger partial charge in [-0.05, 0) is 50.1 Å². The van der Waals surface area contributed by atoms with E-state index in [1.54, 1.807) is 48.4 Å². The number of aliphatic hydroxyl groups is 1. The molecule has 31 heavy (non-hydrogen) atoms. The Morgan fingerprint density at radius 1 is 1.10 bits per heavy atom. The first kappa shape index (κ1) is 22.4. The number of Topliss-reactive ketones (excluding diaryl/α,β-unsaturated/α-hetero) is 1. The number of amides is 1. The number of nitrogens with zero attached hydrogens (tertiary/aromatic N) is 1. The van der Waals surface area contributed by atoms with Gasteiger partial charge in [0.25, 0.3) is 11.7 Å². The van der Waals surface area contributed by atoms with Crippen LogP contribution in [0.1, 0.15) is 50.8 Å². The molecule has 0 radical (unpaired) electrons. The normalized spacial score (nSPS) is 18.0. The van der Waals surface area contributed by atoms with Crippen LogP contribution in [0.2, 0.25) is 0 Å². The maximum Gasteiger partial charge on any atom is 0.295 e. The number of aliphatic hydroxyl groups excluding tert-OH is 1. The first-order valence-corrected chi connectivity index (χ1v) is 10.6. The summed E-state index contributed by atoms with van der Waals surface area (Å²) in [4.78, 5) is 27.4. The number of likely N-dealkylation sites (tertiary alicyclic amines) is 1. The van der Waals surface area contributed by atoms with Crippen molar-refractivity contribution in [2.75, 3.05) is 13.7 Å². The number of methoxy groups -OCH3 is 1. The van der Waals surface area contributed by atoms with Crippen molar-refractivity contribution < 1.29 is 24.2 Å². The highest BCUT2D eigenvalue weighted by atomic mass is 16.5. The van der Waals surface area contributed by atoms with Crippen LogP contribution >= 0.6 is 0 Å². The van der Waals surface area contributed by atoms with Crippen LogP contribution in [-0.2, 0) is 9.59 Å². The molecule has 1 atom stereocenters. The molecule has 1 amide bonds. The minimum absolute atomic E-state index is 0.0312. The average Bonchev–Trinajstić information content (AvgIpc) is 3.01. The second-order valence-electron chi connectivity index (χ2n) is 7.81. The third kappa shape index (κ3) is 4.74. The zero-order valence-corrected chi connectivity index (χ0v) is 18.4. The average molecular weight is 424 g/mol. The third-order valence-electron chi connectivity index (χ3n) is 5.20. The topological polar surface area (TPSA) is 76.1 Å². The van der Waals surface area contributed by atoms with Crippen molar-refractivity contribution in [2.45, 2.75) is 45.8 Å². The van der Waals surface area contributed by atoms with Crippen molar-refractivity contribution >= 4 is 17.4 Å². The van der Waals surface area contributed by atoms with E-state index in [0.717, 1.165) is 18.4 Å². The van der Waals surface area contributed by atoms with E-state index >= 15 is 0 Å². The molecule has 1 heterocycles. The minimum Gasteiger partial charge on any atom is -0.507 e. The van der Waals surface area contributed by atoms with Crippen molar-refractivity contribution in [1.29, 1.82) is 0 Å². The fraction of sp³-hybridized carbons (Fsp3) is 0.360. The van der Waals surface area contributed by atoms with Gasteiger partial charge in [0.15, 0.2) is 0 Å². The first-order valence-electron chi connectivity index (χ1n) is 10.6. The molecule has 3 rings (SSSR count). The van der Waals surface area contributed by atoms with Crippen molar-refractivity contribution in [3.05, 3.63) is 65.2 Å². The Bertz CT molecular complexity index is 978. The van der Waals surface area contributed by atoms with Gasteiger partial charge >= 0.3 is 0 Å². The standard InChI is InChI=1S/C25H29NO5/c1-5-6-14-26-22(17-10-12-19(30-4)13-11-17)21(24(28)25(26)29)23(27)18-8-7-9-20(15-18)31-16(2)3/h7-13,15-16,22,27H,5-6,14H2,1-4H3/b23-21-. The fourth-order valence-corrected chi connectivity index (χ4v) is 3.72. The second-order valence-corrected chi connectivity index (χ2v) is 7.81.